The first-order valence-electron chi connectivity index (χ1n) is 6.16. The van der Waals surface area contributed by atoms with Crippen molar-refractivity contribution in [3.63, 3.8) is 0 Å². The molecule has 1 heterocycles. The molecule has 0 aromatic heterocycles. The molecule has 1 aliphatic rings. The fourth-order valence-corrected chi connectivity index (χ4v) is 2.10. The molecule has 1 fully saturated rings. The van der Waals surface area contributed by atoms with Gasteiger partial charge in [-0.25, -0.2) is 4.39 Å². The zero-order valence-electron chi connectivity index (χ0n) is 10.8. The van der Waals surface area contributed by atoms with Crippen LogP contribution in [0.1, 0.15) is 6.42 Å². The first-order valence-corrected chi connectivity index (χ1v) is 6.54. The minimum Gasteiger partial charge on any atom is -0.484 e. The molecule has 112 valence electrons. The number of rotatable bonds is 5. The molecule has 0 aliphatic carbocycles. The summed E-state index contributed by atoms with van der Waals surface area (Å²) in [6.45, 7) is 0.698. The Morgan fingerprint density at radius 2 is 2.35 bits per heavy atom. The predicted molar refractivity (Wildman–Crippen MR) is 78.5 cm³/mol. The molecule has 1 amide bonds. The monoisotopic (exact) mass is 322 g/mol. The number of carbonyl (C=O) groups excluding carboxylic acids is 1. The van der Waals surface area contributed by atoms with Gasteiger partial charge >= 0.3 is 0 Å². The highest BCUT2D eigenvalue weighted by atomic mass is 35.5. The molecule has 2 N–H and O–H groups in total. The Morgan fingerprint density at radius 3 is 3.00 bits per heavy atom. The van der Waals surface area contributed by atoms with Crippen LogP contribution in [0.5, 0.6) is 5.75 Å². The highest BCUT2D eigenvalue weighted by Gasteiger charge is 2.23. The summed E-state index contributed by atoms with van der Waals surface area (Å²) in [5.41, 5.74) is 0. The van der Waals surface area contributed by atoms with Crippen LogP contribution in [-0.4, -0.2) is 37.8 Å². The van der Waals surface area contributed by atoms with Crippen LogP contribution in [0.15, 0.2) is 24.3 Å². The second kappa shape index (κ2) is 8.29. The fraction of sp³-hybridized carbons (Fsp3) is 0.462. The molecular weight excluding hydrogens is 306 g/mol. The van der Waals surface area contributed by atoms with Crippen LogP contribution >= 0.6 is 24.0 Å². The molecule has 0 bridgehead atoms. The van der Waals surface area contributed by atoms with E-state index in [1.165, 1.54) is 0 Å². The second-order valence-corrected chi connectivity index (χ2v) is 4.92. The van der Waals surface area contributed by atoms with Gasteiger partial charge in [-0.05, 0) is 24.6 Å². The van der Waals surface area contributed by atoms with Crippen LogP contribution in [0.2, 0.25) is 5.02 Å². The summed E-state index contributed by atoms with van der Waals surface area (Å²) in [6.07, 6.45) is -0.375. The third-order valence-electron chi connectivity index (χ3n) is 2.88. The van der Waals surface area contributed by atoms with E-state index < -0.39 is 6.17 Å². The lowest BCUT2D eigenvalue weighted by Gasteiger charge is -2.11. The first kappa shape index (κ1) is 17.0. The normalized spacial score (nSPS) is 21.1. The number of benzene rings is 1. The molecule has 0 unspecified atom stereocenters. The Labute approximate surface area is 128 Å². The third-order valence-corrected chi connectivity index (χ3v) is 3.12. The summed E-state index contributed by atoms with van der Waals surface area (Å²) in [7, 11) is 0. The van der Waals surface area contributed by atoms with Crippen LogP contribution in [0.4, 0.5) is 4.39 Å². The zero-order valence-corrected chi connectivity index (χ0v) is 12.3. The Bertz CT molecular complexity index is 448. The highest BCUT2D eigenvalue weighted by molar-refractivity contribution is 6.30. The van der Waals surface area contributed by atoms with E-state index in [0.29, 0.717) is 30.3 Å². The fourth-order valence-electron chi connectivity index (χ4n) is 1.92. The van der Waals surface area contributed by atoms with Crippen molar-refractivity contribution in [3.8, 4) is 5.75 Å². The van der Waals surface area contributed by atoms with Crippen molar-refractivity contribution in [2.75, 3.05) is 19.7 Å². The molecule has 4 nitrogen and oxygen atoms in total. The summed E-state index contributed by atoms with van der Waals surface area (Å²) < 4.78 is 18.2. The smallest absolute Gasteiger partial charge is 0.257 e. The van der Waals surface area contributed by atoms with Gasteiger partial charge in [-0.2, -0.15) is 0 Å². The topological polar surface area (TPSA) is 50.4 Å². The first-order chi connectivity index (χ1) is 9.13. The van der Waals surface area contributed by atoms with Gasteiger partial charge in [0.2, 0.25) is 0 Å². The van der Waals surface area contributed by atoms with E-state index in [9.17, 15) is 9.18 Å². The predicted octanol–water partition coefficient (Wildman–Crippen LogP) is 1.96. The molecule has 1 aromatic carbocycles. The largest absolute Gasteiger partial charge is 0.484 e. The van der Waals surface area contributed by atoms with Crippen molar-refractivity contribution in [3.05, 3.63) is 29.3 Å². The van der Waals surface area contributed by atoms with E-state index >= 15 is 0 Å². The van der Waals surface area contributed by atoms with Gasteiger partial charge in [-0.3, -0.25) is 4.79 Å². The number of hydrogen-bond acceptors (Lipinski definition) is 3. The van der Waals surface area contributed by atoms with Gasteiger partial charge < -0.3 is 15.4 Å². The molecular formula is C13H17Cl2FN2O2. The molecule has 0 saturated carbocycles. The second-order valence-electron chi connectivity index (χ2n) is 4.49. The summed E-state index contributed by atoms with van der Waals surface area (Å²) >= 11 is 5.80. The quantitative estimate of drug-likeness (QED) is 0.871. The van der Waals surface area contributed by atoms with Crippen LogP contribution in [0.3, 0.4) is 0 Å². The Hall–Kier alpha value is -1.04. The van der Waals surface area contributed by atoms with Crippen LogP contribution in [-0.2, 0) is 4.79 Å². The molecule has 20 heavy (non-hydrogen) atoms. The van der Waals surface area contributed by atoms with Crippen LogP contribution in [0.25, 0.3) is 0 Å². The third kappa shape index (κ3) is 5.53. The molecule has 1 aromatic rings. The van der Waals surface area contributed by atoms with Gasteiger partial charge in [0.15, 0.2) is 6.61 Å². The Balaban J connectivity index is 0.00000200. The van der Waals surface area contributed by atoms with Crippen molar-refractivity contribution >= 4 is 29.9 Å². The molecule has 2 rings (SSSR count). The van der Waals surface area contributed by atoms with Gasteiger partial charge in [0.1, 0.15) is 11.9 Å². The van der Waals surface area contributed by atoms with Gasteiger partial charge in [-0.1, -0.05) is 17.7 Å². The lowest BCUT2D eigenvalue weighted by atomic mass is 10.2. The number of alkyl halides is 1. The van der Waals surface area contributed by atoms with Crippen LogP contribution < -0.4 is 15.4 Å². The molecule has 0 spiro atoms. The van der Waals surface area contributed by atoms with Crippen molar-refractivity contribution in [1.29, 1.82) is 0 Å². The summed E-state index contributed by atoms with van der Waals surface area (Å²) in [4.78, 5) is 11.5. The van der Waals surface area contributed by atoms with Gasteiger partial charge in [0.25, 0.3) is 5.91 Å². The van der Waals surface area contributed by atoms with Gasteiger partial charge in [-0.15, -0.1) is 12.4 Å². The van der Waals surface area contributed by atoms with Crippen molar-refractivity contribution in [2.45, 2.75) is 18.6 Å². The van der Waals surface area contributed by atoms with Crippen molar-refractivity contribution < 1.29 is 13.9 Å². The van der Waals surface area contributed by atoms with E-state index in [-0.39, 0.29) is 31.0 Å². The molecule has 1 saturated heterocycles. The molecule has 1 aliphatic heterocycles. The summed E-state index contributed by atoms with van der Waals surface area (Å²) in [5.74, 6) is 0.314. The Kier molecular flexibility index (Phi) is 7.05. The molecule has 0 radical (unpaired) electrons. The molecule has 7 heteroatoms. The zero-order chi connectivity index (χ0) is 13.7. The van der Waals surface area contributed by atoms with E-state index in [1.807, 2.05) is 0 Å². The van der Waals surface area contributed by atoms with E-state index in [1.54, 1.807) is 24.3 Å². The minimum atomic E-state index is -0.815. The standard InChI is InChI=1S/C13H16ClFN2O2.ClH/c14-9-2-1-3-12(4-9)19-8-13(18)17-7-11-5-10(15)6-16-11;/h1-4,10-11,16H,5-8H2,(H,17,18);1H/t10-,11-;/m0./s1. The van der Waals surface area contributed by atoms with E-state index in [2.05, 4.69) is 10.6 Å². The maximum atomic E-state index is 12.9. The Morgan fingerprint density at radius 1 is 1.55 bits per heavy atom. The lowest BCUT2D eigenvalue weighted by Crippen LogP contribution is -2.39. The van der Waals surface area contributed by atoms with Gasteiger partial charge in [0.05, 0.1) is 0 Å². The number of nitrogens with one attached hydrogen (secondary N) is 2. The SMILES string of the molecule is Cl.O=C(COc1cccc(Cl)c1)NC[C@@H]1C[C@H](F)CN1. The maximum absolute atomic E-state index is 12.9. The van der Waals surface area contributed by atoms with Crippen molar-refractivity contribution in [1.82, 2.24) is 10.6 Å². The lowest BCUT2D eigenvalue weighted by molar-refractivity contribution is -0.123. The van der Waals surface area contributed by atoms with Gasteiger partial charge in [0, 0.05) is 24.2 Å². The van der Waals surface area contributed by atoms with E-state index in [4.69, 9.17) is 16.3 Å². The van der Waals surface area contributed by atoms with Crippen molar-refractivity contribution in [2.24, 2.45) is 0 Å². The average Bonchev–Trinajstić information content (AvgIpc) is 2.80. The average molecular weight is 323 g/mol. The highest BCUT2D eigenvalue weighted by Crippen LogP contribution is 2.16. The molecule has 2 atom stereocenters. The van der Waals surface area contributed by atoms with Crippen LogP contribution in [0, 0.1) is 0 Å². The number of ether oxygens (including phenoxy) is 1. The van der Waals surface area contributed by atoms with E-state index in [0.717, 1.165) is 0 Å². The number of carbonyl (C=O) groups is 1. The number of halogens is 3. The minimum absolute atomic E-state index is 0. The summed E-state index contributed by atoms with van der Waals surface area (Å²) in [6, 6.07) is 6.85. The maximum Gasteiger partial charge on any atom is 0.257 e. The number of amides is 1. The summed E-state index contributed by atoms with van der Waals surface area (Å²) in [5, 5.41) is 6.26. The number of hydrogen-bond donors (Lipinski definition) is 2.